The summed E-state index contributed by atoms with van der Waals surface area (Å²) in [5, 5.41) is 0. The van der Waals surface area contributed by atoms with Crippen LogP contribution in [0.1, 0.15) is 17.5 Å². The molecule has 5 nitrogen and oxygen atoms in total. The van der Waals surface area contributed by atoms with Crippen LogP contribution in [0.25, 0.3) is 0 Å². The van der Waals surface area contributed by atoms with Crippen LogP contribution in [0.5, 0.6) is 0 Å². The van der Waals surface area contributed by atoms with Crippen molar-refractivity contribution in [2.75, 3.05) is 44.6 Å². The number of likely N-dealkylation sites (N-methyl/N-ethyl adjacent to an activating group) is 1. The summed E-state index contributed by atoms with van der Waals surface area (Å²) in [6.45, 7) is 0.686. The van der Waals surface area contributed by atoms with Gasteiger partial charge < -0.3 is 14.5 Å². The number of para-hydroxylation sites is 1. The molecular weight excluding hydrogens is 326 g/mol. The van der Waals surface area contributed by atoms with Crippen molar-refractivity contribution in [3.63, 3.8) is 0 Å². The van der Waals surface area contributed by atoms with Gasteiger partial charge in [-0.25, -0.2) is 4.79 Å². The van der Waals surface area contributed by atoms with Crippen LogP contribution in [0.4, 0.5) is 16.2 Å². The quantitative estimate of drug-likeness (QED) is 0.832. The van der Waals surface area contributed by atoms with Gasteiger partial charge in [0.25, 0.3) is 0 Å². The Morgan fingerprint density at radius 1 is 1.15 bits per heavy atom. The molecule has 4 rings (SSSR count). The number of fused-ring (bicyclic) bond motifs is 3. The van der Waals surface area contributed by atoms with E-state index in [-0.39, 0.29) is 17.7 Å². The summed E-state index contributed by atoms with van der Waals surface area (Å²) in [7, 11) is 7.61. The number of nitrogens with zero attached hydrogens (tertiary/aromatic N) is 3. The molecule has 1 amide bonds. The Balaban J connectivity index is 1.88. The molecule has 136 valence electrons. The van der Waals surface area contributed by atoms with E-state index < -0.39 is 0 Å². The first-order valence-electron chi connectivity index (χ1n) is 8.95. The van der Waals surface area contributed by atoms with E-state index in [1.54, 1.807) is 0 Å². The molecule has 0 aromatic heterocycles. The highest BCUT2D eigenvalue weighted by Crippen LogP contribution is 2.55. The lowest BCUT2D eigenvalue weighted by Gasteiger charge is -2.36. The molecule has 0 spiro atoms. The topological polar surface area (TPSA) is 36.0 Å². The van der Waals surface area contributed by atoms with Gasteiger partial charge in [-0.3, -0.25) is 4.90 Å². The van der Waals surface area contributed by atoms with Gasteiger partial charge in [0.15, 0.2) is 0 Å². The molecule has 5 heteroatoms. The number of amides is 1. The number of hydrogen-bond acceptors (Lipinski definition) is 4. The molecule has 2 aromatic rings. The number of methoxy groups -OCH3 is 1. The van der Waals surface area contributed by atoms with Gasteiger partial charge in [-0.15, -0.1) is 0 Å². The second-order valence-corrected chi connectivity index (χ2v) is 7.33. The molecule has 0 N–H and O–H groups in total. The number of carbonyl (C=O) groups is 1. The van der Waals surface area contributed by atoms with Crippen LogP contribution in [0, 0.1) is 0 Å². The molecule has 0 radical (unpaired) electrons. The molecule has 2 aliphatic rings. The van der Waals surface area contributed by atoms with Gasteiger partial charge in [-0.05, 0) is 35.7 Å². The van der Waals surface area contributed by atoms with Gasteiger partial charge in [-0.1, -0.05) is 30.3 Å². The van der Waals surface area contributed by atoms with E-state index in [4.69, 9.17) is 4.74 Å². The lowest BCUT2D eigenvalue weighted by molar-refractivity contribution is 0.115. The Kier molecular flexibility index (Phi) is 3.83. The number of likely N-dealkylation sites (tertiary alicyclic amines) is 1. The fourth-order valence-electron chi connectivity index (χ4n) is 4.73. The van der Waals surface area contributed by atoms with Crippen LogP contribution < -0.4 is 9.80 Å². The van der Waals surface area contributed by atoms with Crippen LogP contribution in [-0.4, -0.2) is 52.0 Å². The maximum atomic E-state index is 12.4. The van der Waals surface area contributed by atoms with Crippen molar-refractivity contribution in [3.05, 3.63) is 59.7 Å². The summed E-state index contributed by atoms with van der Waals surface area (Å²) in [6.07, 6.45) is 0.550. The first-order valence-corrected chi connectivity index (χ1v) is 8.95. The Bertz CT molecular complexity index is 833. The molecule has 0 unspecified atom stereocenters. The Morgan fingerprint density at radius 2 is 1.85 bits per heavy atom. The molecule has 2 heterocycles. The van der Waals surface area contributed by atoms with Crippen LogP contribution in [0.2, 0.25) is 0 Å². The first-order chi connectivity index (χ1) is 12.5. The van der Waals surface area contributed by atoms with Crippen molar-refractivity contribution in [1.29, 1.82) is 0 Å². The minimum Gasteiger partial charge on any atom is -0.453 e. The number of carbonyl (C=O) groups excluding carboxylic acids is 1. The molecular formula is C21H25N3O2. The first kappa shape index (κ1) is 16.8. The van der Waals surface area contributed by atoms with Crippen molar-refractivity contribution in [2.24, 2.45) is 0 Å². The number of ether oxygens (including phenoxy) is 1. The van der Waals surface area contributed by atoms with Crippen molar-refractivity contribution >= 4 is 17.5 Å². The molecule has 0 bridgehead atoms. The minimum absolute atomic E-state index is 0.0717. The van der Waals surface area contributed by atoms with Crippen molar-refractivity contribution in [3.8, 4) is 0 Å². The lowest BCUT2D eigenvalue weighted by atomic mass is 9.73. The summed E-state index contributed by atoms with van der Waals surface area (Å²) in [5.41, 5.74) is 4.66. The highest BCUT2D eigenvalue weighted by molar-refractivity contribution is 5.75. The summed E-state index contributed by atoms with van der Waals surface area (Å²) in [4.78, 5) is 18.6. The van der Waals surface area contributed by atoms with E-state index in [1.165, 1.54) is 29.6 Å². The normalized spacial score (nSPS) is 23.6. The van der Waals surface area contributed by atoms with Gasteiger partial charge in [0.1, 0.15) is 6.17 Å². The third kappa shape index (κ3) is 2.13. The Hall–Kier alpha value is -2.69. The number of benzene rings is 2. The zero-order chi connectivity index (χ0) is 18.5. The van der Waals surface area contributed by atoms with Gasteiger partial charge in [0, 0.05) is 39.1 Å². The number of anilines is 2. The standard InChI is InChI=1S/C21H25N3O2/c1-22(2)16-11-9-15(10-12-16)21-13-14-24(20(25)26-4)19(21)23(3)18-8-6-5-7-17(18)21/h5-12,19H,13-14H2,1-4H3/t19-,21+/m0/s1. The van der Waals surface area contributed by atoms with Gasteiger partial charge in [0.2, 0.25) is 0 Å². The highest BCUT2D eigenvalue weighted by atomic mass is 16.5. The molecule has 1 fully saturated rings. The summed E-state index contributed by atoms with van der Waals surface area (Å²) in [6, 6.07) is 17.2. The van der Waals surface area contributed by atoms with Crippen molar-refractivity contribution < 1.29 is 9.53 Å². The maximum absolute atomic E-state index is 12.4. The predicted octanol–water partition coefficient (Wildman–Crippen LogP) is 3.29. The van der Waals surface area contributed by atoms with Crippen LogP contribution >= 0.6 is 0 Å². The third-order valence-electron chi connectivity index (χ3n) is 5.92. The van der Waals surface area contributed by atoms with Gasteiger partial charge >= 0.3 is 6.09 Å². The van der Waals surface area contributed by atoms with E-state index in [0.29, 0.717) is 6.54 Å². The summed E-state index contributed by atoms with van der Waals surface area (Å²) in [5.74, 6) is 0. The largest absolute Gasteiger partial charge is 0.453 e. The molecule has 2 atom stereocenters. The Labute approximate surface area is 154 Å². The maximum Gasteiger partial charge on any atom is 0.411 e. The zero-order valence-corrected chi connectivity index (χ0v) is 15.8. The second kappa shape index (κ2) is 5.94. The molecule has 1 saturated heterocycles. The molecule has 26 heavy (non-hydrogen) atoms. The SMILES string of the molecule is COC(=O)N1CC[C@@]2(c3ccc(N(C)C)cc3)c3ccccc3N(C)[C@@H]12. The van der Waals surface area contributed by atoms with E-state index in [0.717, 1.165) is 6.42 Å². The lowest BCUT2D eigenvalue weighted by Crippen LogP contribution is -2.50. The van der Waals surface area contributed by atoms with Crippen LogP contribution in [-0.2, 0) is 10.2 Å². The van der Waals surface area contributed by atoms with E-state index in [2.05, 4.69) is 65.4 Å². The van der Waals surface area contributed by atoms with E-state index in [9.17, 15) is 4.79 Å². The average molecular weight is 351 g/mol. The second-order valence-electron chi connectivity index (χ2n) is 7.33. The van der Waals surface area contributed by atoms with Crippen molar-refractivity contribution in [1.82, 2.24) is 4.90 Å². The number of hydrogen-bond donors (Lipinski definition) is 0. The average Bonchev–Trinajstić information content (AvgIpc) is 3.18. The third-order valence-corrected chi connectivity index (χ3v) is 5.92. The Morgan fingerprint density at radius 3 is 2.50 bits per heavy atom. The van der Waals surface area contributed by atoms with Crippen LogP contribution in [0.15, 0.2) is 48.5 Å². The van der Waals surface area contributed by atoms with E-state index >= 15 is 0 Å². The zero-order valence-electron chi connectivity index (χ0n) is 15.8. The summed E-state index contributed by atoms with van der Waals surface area (Å²) >= 11 is 0. The summed E-state index contributed by atoms with van der Waals surface area (Å²) < 4.78 is 5.07. The van der Waals surface area contributed by atoms with Gasteiger partial charge in [-0.2, -0.15) is 0 Å². The van der Waals surface area contributed by atoms with E-state index in [1.807, 2.05) is 19.0 Å². The fraction of sp³-hybridized carbons (Fsp3) is 0.381. The smallest absolute Gasteiger partial charge is 0.411 e. The molecule has 0 aliphatic carbocycles. The predicted molar refractivity (Wildman–Crippen MR) is 104 cm³/mol. The monoisotopic (exact) mass is 351 g/mol. The highest BCUT2D eigenvalue weighted by Gasteiger charge is 2.58. The fourth-order valence-corrected chi connectivity index (χ4v) is 4.73. The van der Waals surface area contributed by atoms with Crippen LogP contribution in [0.3, 0.4) is 0 Å². The molecule has 2 aliphatic heterocycles. The molecule has 0 saturated carbocycles. The van der Waals surface area contributed by atoms with Crippen molar-refractivity contribution in [2.45, 2.75) is 18.0 Å². The minimum atomic E-state index is -0.263. The number of rotatable bonds is 2. The molecule has 2 aromatic carbocycles. The van der Waals surface area contributed by atoms with Gasteiger partial charge in [0.05, 0.1) is 12.5 Å².